The summed E-state index contributed by atoms with van der Waals surface area (Å²) < 4.78 is 0. The van der Waals surface area contributed by atoms with Crippen LogP contribution in [0.5, 0.6) is 0 Å². The van der Waals surface area contributed by atoms with Crippen molar-refractivity contribution in [1.29, 1.82) is 0 Å². The summed E-state index contributed by atoms with van der Waals surface area (Å²) in [5.41, 5.74) is 2.06. The molecule has 19 heavy (non-hydrogen) atoms. The molecular formula is C17H24BrN. The van der Waals surface area contributed by atoms with Crippen LogP contribution in [0.2, 0.25) is 0 Å². The molecule has 1 atom stereocenters. The van der Waals surface area contributed by atoms with Crippen molar-refractivity contribution in [3.05, 3.63) is 35.9 Å². The summed E-state index contributed by atoms with van der Waals surface area (Å²) in [6.45, 7) is 3.63. The van der Waals surface area contributed by atoms with E-state index >= 15 is 0 Å². The van der Waals surface area contributed by atoms with Crippen LogP contribution in [0.1, 0.15) is 44.1 Å². The first-order valence-corrected chi connectivity index (χ1v) is 8.58. The normalized spacial score (nSPS) is 27.5. The van der Waals surface area contributed by atoms with Crippen molar-refractivity contribution in [2.45, 2.75) is 49.9 Å². The molecule has 0 N–H and O–H groups in total. The van der Waals surface area contributed by atoms with Crippen LogP contribution in [0.3, 0.4) is 0 Å². The van der Waals surface area contributed by atoms with E-state index in [1.165, 1.54) is 57.2 Å². The van der Waals surface area contributed by atoms with E-state index in [1.54, 1.807) is 0 Å². The average molecular weight is 322 g/mol. The molecule has 2 aliphatic rings. The van der Waals surface area contributed by atoms with Crippen LogP contribution in [0.25, 0.3) is 0 Å². The van der Waals surface area contributed by atoms with Gasteiger partial charge in [0.15, 0.2) is 0 Å². The molecule has 1 saturated heterocycles. The van der Waals surface area contributed by atoms with E-state index < -0.39 is 0 Å². The molecule has 2 fully saturated rings. The second-order valence-corrected chi connectivity index (χ2v) is 7.81. The van der Waals surface area contributed by atoms with Crippen molar-refractivity contribution in [3.8, 4) is 0 Å². The fourth-order valence-electron chi connectivity index (χ4n) is 4.04. The molecule has 1 saturated carbocycles. The Kier molecular flexibility index (Phi) is 4.28. The molecule has 1 spiro atoms. The predicted molar refractivity (Wildman–Crippen MR) is 84.6 cm³/mol. The van der Waals surface area contributed by atoms with Crippen LogP contribution in [0.15, 0.2) is 30.3 Å². The van der Waals surface area contributed by atoms with Gasteiger partial charge >= 0.3 is 0 Å². The third-order valence-electron chi connectivity index (χ3n) is 4.83. The standard InChI is InChI=1S/C17H24BrN/c18-16-11-17(9-5-2-6-10-17)14-19(13-16)12-15-7-3-1-4-8-15/h1,3-4,7-8,16H,2,5-6,9-14H2. The smallest absolute Gasteiger partial charge is 0.0279 e. The molecule has 0 aromatic heterocycles. The molecule has 1 heterocycles. The summed E-state index contributed by atoms with van der Waals surface area (Å²) in [5.74, 6) is 0. The van der Waals surface area contributed by atoms with E-state index in [9.17, 15) is 0 Å². The van der Waals surface area contributed by atoms with Gasteiger partial charge in [0.1, 0.15) is 0 Å². The zero-order valence-corrected chi connectivity index (χ0v) is 13.2. The molecule has 1 aromatic carbocycles. The molecule has 1 aliphatic heterocycles. The minimum absolute atomic E-state index is 0.611. The average Bonchev–Trinajstić information content (AvgIpc) is 2.39. The Bertz CT molecular complexity index is 397. The van der Waals surface area contributed by atoms with Crippen molar-refractivity contribution in [3.63, 3.8) is 0 Å². The maximum absolute atomic E-state index is 3.91. The number of benzene rings is 1. The number of alkyl halides is 1. The van der Waals surface area contributed by atoms with E-state index in [-0.39, 0.29) is 0 Å². The molecule has 3 rings (SSSR count). The van der Waals surface area contributed by atoms with Crippen LogP contribution in [-0.2, 0) is 6.54 Å². The Hall–Kier alpha value is -0.340. The summed E-state index contributed by atoms with van der Waals surface area (Å²) in [5, 5.41) is 0. The Labute approximate surface area is 125 Å². The fraction of sp³-hybridized carbons (Fsp3) is 0.647. The van der Waals surface area contributed by atoms with Gasteiger partial charge in [-0.1, -0.05) is 65.5 Å². The lowest BCUT2D eigenvalue weighted by molar-refractivity contribution is 0.0545. The van der Waals surface area contributed by atoms with Gasteiger partial charge < -0.3 is 0 Å². The first-order valence-electron chi connectivity index (χ1n) is 7.66. The molecule has 0 amide bonds. The van der Waals surface area contributed by atoms with E-state index in [0.717, 1.165) is 6.54 Å². The lowest BCUT2D eigenvalue weighted by Gasteiger charge is -2.47. The van der Waals surface area contributed by atoms with Crippen molar-refractivity contribution >= 4 is 15.9 Å². The van der Waals surface area contributed by atoms with Crippen LogP contribution < -0.4 is 0 Å². The van der Waals surface area contributed by atoms with Crippen LogP contribution >= 0.6 is 15.9 Å². The molecule has 1 unspecified atom stereocenters. The van der Waals surface area contributed by atoms with Gasteiger partial charge in [0.05, 0.1) is 0 Å². The number of rotatable bonds is 2. The summed E-state index contributed by atoms with van der Waals surface area (Å²) in [6, 6.07) is 10.9. The van der Waals surface area contributed by atoms with Crippen molar-refractivity contribution in [2.24, 2.45) is 5.41 Å². The van der Waals surface area contributed by atoms with E-state index in [2.05, 4.69) is 51.2 Å². The number of halogens is 1. The lowest BCUT2D eigenvalue weighted by Crippen LogP contribution is -2.48. The van der Waals surface area contributed by atoms with Gasteiger partial charge in [-0.25, -0.2) is 0 Å². The van der Waals surface area contributed by atoms with Crippen LogP contribution in [0, 0.1) is 5.41 Å². The second-order valence-electron chi connectivity index (χ2n) is 6.52. The quantitative estimate of drug-likeness (QED) is 0.719. The van der Waals surface area contributed by atoms with Crippen molar-refractivity contribution < 1.29 is 0 Å². The Balaban J connectivity index is 1.68. The summed E-state index contributed by atoms with van der Waals surface area (Å²) >= 11 is 3.91. The van der Waals surface area contributed by atoms with Gasteiger partial charge in [0.25, 0.3) is 0 Å². The molecule has 0 radical (unpaired) electrons. The van der Waals surface area contributed by atoms with Gasteiger partial charge in [-0.15, -0.1) is 0 Å². The highest BCUT2D eigenvalue weighted by Crippen LogP contribution is 2.44. The second kappa shape index (κ2) is 5.97. The highest BCUT2D eigenvalue weighted by Gasteiger charge is 2.39. The van der Waals surface area contributed by atoms with Crippen LogP contribution in [-0.4, -0.2) is 22.8 Å². The fourth-order valence-corrected chi connectivity index (χ4v) is 5.14. The Morgan fingerprint density at radius 1 is 1.11 bits per heavy atom. The number of hydrogen-bond acceptors (Lipinski definition) is 1. The van der Waals surface area contributed by atoms with Gasteiger partial charge in [0, 0.05) is 24.5 Å². The minimum atomic E-state index is 0.611. The third-order valence-corrected chi connectivity index (χ3v) is 5.45. The molecule has 0 bridgehead atoms. The summed E-state index contributed by atoms with van der Waals surface area (Å²) in [6.07, 6.45) is 8.62. The highest BCUT2D eigenvalue weighted by atomic mass is 79.9. The minimum Gasteiger partial charge on any atom is -0.297 e. The zero-order chi connectivity index (χ0) is 13.1. The number of nitrogens with zero attached hydrogens (tertiary/aromatic N) is 1. The highest BCUT2D eigenvalue weighted by molar-refractivity contribution is 9.09. The van der Waals surface area contributed by atoms with Gasteiger partial charge in [-0.2, -0.15) is 0 Å². The Morgan fingerprint density at radius 2 is 1.84 bits per heavy atom. The first-order chi connectivity index (χ1) is 9.26. The van der Waals surface area contributed by atoms with Gasteiger partial charge in [0.2, 0.25) is 0 Å². The lowest BCUT2D eigenvalue weighted by atomic mass is 9.69. The monoisotopic (exact) mass is 321 g/mol. The molecule has 1 nitrogen and oxygen atoms in total. The van der Waals surface area contributed by atoms with Crippen molar-refractivity contribution in [1.82, 2.24) is 4.90 Å². The molecule has 104 valence electrons. The largest absolute Gasteiger partial charge is 0.297 e. The predicted octanol–water partition coefficient (Wildman–Crippen LogP) is 4.61. The first kappa shape index (κ1) is 13.6. The summed E-state index contributed by atoms with van der Waals surface area (Å²) in [4.78, 5) is 3.35. The van der Waals surface area contributed by atoms with E-state index in [4.69, 9.17) is 0 Å². The molecular weight excluding hydrogens is 298 g/mol. The van der Waals surface area contributed by atoms with Gasteiger partial charge in [-0.3, -0.25) is 4.90 Å². The molecule has 2 heteroatoms. The van der Waals surface area contributed by atoms with E-state index in [0.29, 0.717) is 10.2 Å². The maximum Gasteiger partial charge on any atom is 0.0279 e. The SMILES string of the molecule is BrC1CN(Cc2ccccc2)CC2(CCCCC2)C1. The molecule has 1 aromatic rings. The zero-order valence-electron chi connectivity index (χ0n) is 11.7. The summed E-state index contributed by atoms with van der Waals surface area (Å²) in [7, 11) is 0. The molecule has 1 aliphatic carbocycles. The number of likely N-dealkylation sites (tertiary alicyclic amines) is 1. The number of hydrogen-bond donors (Lipinski definition) is 0. The maximum atomic E-state index is 3.91. The van der Waals surface area contributed by atoms with Gasteiger partial charge in [-0.05, 0) is 30.2 Å². The van der Waals surface area contributed by atoms with E-state index in [1.807, 2.05) is 0 Å². The van der Waals surface area contributed by atoms with Crippen molar-refractivity contribution in [2.75, 3.05) is 13.1 Å². The van der Waals surface area contributed by atoms with Crippen LogP contribution in [0.4, 0.5) is 0 Å². The Morgan fingerprint density at radius 3 is 2.58 bits per heavy atom. The topological polar surface area (TPSA) is 3.24 Å². The third kappa shape index (κ3) is 3.41. The number of piperidine rings is 1.